The molecule has 0 bridgehead atoms. The lowest BCUT2D eigenvalue weighted by molar-refractivity contribution is 0.824. The van der Waals surface area contributed by atoms with Crippen molar-refractivity contribution in [3.63, 3.8) is 0 Å². The molecular weight excluding hydrogens is 260 g/mol. The van der Waals surface area contributed by atoms with Gasteiger partial charge in [0.1, 0.15) is 0 Å². The molecule has 1 aromatic heterocycles. The van der Waals surface area contributed by atoms with Crippen LogP contribution in [0.3, 0.4) is 0 Å². The highest BCUT2D eigenvalue weighted by Gasteiger charge is 2.05. The van der Waals surface area contributed by atoms with Gasteiger partial charge in [-0.2, -0.15) is 4.37 Å². The Kier molecular flexibility index (Phi) is 3.15. The fourth-order valence-electron chi connectivity index (χ4n) is 1.41. The number of nitrogens with zero attached hydrogens (tertiary/aromatic N) is 1. The maximum atomic E-state index is 5.49. The summed E-state index contributed by atoms with van der Waals surface area (Å²) in [4.78, 5) is 0. The van der Waals surface area contributed by atoms with Crippen molar-refractivity contribution in [2.75, 3.05) is 6.54 Å². The van der Waals surface area contributed by atoms with E-state index < -0.39 is 0 Å². The van der Waals surface area contributed by atoms with E-state index in [2.05, 4.69) is 32.4 Å². The van der Waals surface area contributed by atoms with Gasteiger partial charge in [0.2, 0.25) is 0 Å². The molecule has 0 amide bonds. The zero-order valence-corrected chi connectivity index (χ0v) is 10.1. The Balaban J connectivity index is 2.40. The van der Waals surface area contributed by atoms with Crippen LogP contribution in [0.5, 0.6) is 0 Å². The van der Waals surface area contributed by atoms with E-state index >= 15 is 0 Å². The summed E-state index contributed by atoms with van der Waals surface area (Å²) in [6, 6.07) is 6.28. The number of aromatic nitrogens is 1. The number of nitrogens with two attached hydrogens (primary N) is 1. The summed E-state index contributed by atoms with van der Waals surface area (Å²) in [7, 11) is 0. The first kappa shape index (κ1) is 10.1. The minimum atomic E-state index is 0.729. The Bertz CT molecular complexity index is 439. The lowest BCUT2D eigenvalue weighted by atomic mass is 10.1. The lowest BCUT2D eigenvalue weighted by Gasteiger charge is -1.96. The maximum absolute atomic E-state index is 5.49. The zero-order valence-electron chi connectivity index (χ0n) is 7.66. The van der Waals surface area contributed by atoms with Crippen molar-refractivity contribution in [3.8, 4) is 0 Å². The second-order valence-electron chi connectivity index (χ2n) is 3.16. The molecule has 2 N–H and O–H groups in total. The van der Waals surface area contributed by atoms with Crippen LogP contribution in [0, 0.1) is 0 Å². The molecule has 2 aromatic rings. The van der Waals surface area contributed by atoms with E-state index in [1.807, 2.05) is 6.07 Å². The van der Waals surface area contributed by atoms with Crippen LogP contribution in [0.25, 0.3) is 10.1 Å². The van der Waals surface area contributed by atoms with Crippen LogP contribution in [0.1, 0.15) is 12.1 Å². The molecule has 2 nitrogen and oxygen atoms in total. The highest BCUT2D eigenvalue weighted by Crippen LogP contribution is 2.26. The fourth-order valence-corrected chi connectivity index (χ4v) is 2.57. The normalized spacial score (nSPS) is 11.0. The molecule has 0 aliphatic heterocycles. The monoisotopic (exact) mass is 270 g/mol. The smallest absolute Gasteiger partial charge is 0.0621 e. The number of halogens is 1. The molecule has 0 spiro atoms. The SMILES string of the molecule is NCCCc1nsc2ccc(Br)cc12. The van der Waals surface area contributed by atoms with E-state index in [1.54, 1.807) is 11.5 Å². The van der Waals surface area contributed by atoms with Crippen LogP contribution >= 0.6 is 27.5 Å². The predicted octanol–water partition coefficient (Wildman–Crippen LogP) is 2.95. The Morgan fingerprint density at radius 2 is 2.29 bits per heavy atom. The van der Waals surface area contributed by atoms with Crippen LogP contribution in [0.2, 0.25) is 0 Å². The van der Waals surface area contributed by atoms with Gasteiger partial charge in [0, 0.05) is 9.86 Å². The van der Waals surface area contributed by atoms with Crippen molar-refractivity contribution in [2.45, 2.75) is 12.8 Å². The molecule has 4 heteroatoms. The van der Waals surface area contributed by atoms with Crippen molar-refractivity contribution in [2.24, 2.45) is 5.73 Å². The Labute approximate surface area is 95.4 Å². The molecule has 0 saturated heterocycles. The number of fused-ring (bicyclic) bond motifs is 1. The fraction of sp³-hybridized carbons (Fsp3) is 0.300. The molecule has 2 rings (SSSR count). The summed E-state index contributed by atoms with van der Waals surface area (Å²) < 4.78 is 6.80. The Hall–Kier alpha value is -0.450. The van der Waals surface area contributed by atoms with Gasteiger partial charge < -0.3 is 5.73 Å². The molecule has 0 radical (unpaired) electrons. The van der Waals surface area contributed by atoms with Gasteiger partial charge in [-0.1, -0.05) is 15.9 Å². The zero-order chi connectivity index (χ0) is 9.97. The second kappa shape index (κ2) is 4.38. The Morgan fingerprint density at radius 3 is 3.07 bits per heavy atom. The standard InChI is InChI=1S/C10H11BrN2S/c11-7-3-4-10-8(6-7)9(13-14-10)2-1-5-12/h3-4,6H,1-2,5,12H2. The van der Waals surface area contributed by atoms with Gasteiger partial charge in [-0.15, -0.1) is 0 Å². The average molecular weight is 271 g/mol. The molecule has 0 saturated carbocycles. The van der Waals surface area contributed by atoms with Crippen LogP contribution in [0.15, 0.2) is 22.7 Å². The molecule has 0 fully saturated rings. The first-order valence-corrected chi connectivity index (χ1v) is 6.12. The average Bonchev–Trinajstić information content (AvgIpc) is 2.57. The first-order chi connectivity index (χ1) is 6.81. The van der Waals surface area contributed by atoms with Gasteiger partial charge in [-0.05, 0) is 49.1 Å². The van der Waals surface area contributed by atoms with Gasteiger partial charge in [0.15, 0.2) is 0 Å². The number of rotatable bonds is 3. The summed E-state index contributed by atoms with van der Waals surface area (Å²) in [5, 5.41) is 1.26. The van der Waals surface area contributed by atoms with E-state index in [0.717, 1.165) is 23.9 Å². The molecule has 0 unspecified atom stereocenters. The minimum absolute atomic E-state index is 0.729. The van der Waals surface area contributed by atoms with Gasteiger partial charge in [-0.25, -0.2) is 0 Å². The predicted molar refractivity (Wildman–Crippen MR) is 64.7 cm³/mol. The molecule has 1 aromatic carbocycles. The summed E-state index contributed by atoms with van der Waals surface area (Å²) in [6.07, 6.45) is 1.98. The molecule has 1 heterocycles. The van der Waals surface area contributed by atoms with Crippen molar-refractivity contribution in [1.82, 2.24) is 4.37 Å². The number of benzene rings is 1. The highest BCUT2D eigenvalue weighted by atomic mass is 79.9. The summed E-state index contributed by atoms with van der Waals surface area (Å²) in [6.45, 7) is 0.729. The second-order valence-corrected chi connectivity index (χ2v) is 4.88. The quantitative estimate of drug-likeness (QED) is 0.932. The molecular formula is C10H11BrN2S. The highest BCUT2D eigenvalue weighted by molar-refractivity contribution is 9.10. The number of hydrogen-bond donors (Lipinski definition) is 1. The van der Waals surface area contributed by atoms with Crippen LogP contribution in [-0.2, 0) is 6.42 Å². The van der Waals surface area contributed by atoms with Gasteiger partial charge in [0.05, 0.1) is 10.4 Å². The third kappa shape index (κ3) is 1.97. The topological polar surface area (TPSA) is 38.9 Å². The molecule has 0 atom stereocenters. The van der Waals surface area contributed by atoms with Gasteiger partial charge >= 0.3 is 0 Å². The van der Waals surface area contributed by atoms with Crippen molar-refractivity contribution in [3.05, 3.63) is 28.4 Å². The third-order valence-electron chi connectivity index (χ3n) is 2.12. The number of hydrogen-bond acceptors (Lipinski definition) is 3. The van der Waals surface area contributed by atoms with E-state index in [1.165, 1.54) is 15.8 Å². The molecule has 0 aliphatic carbocycles. The third-order valence-corrected chi connectivity index (χ3v) is 3.48. The van der Waals surface area contributed by atoms with E-state index in [9.17, 15) is 0 Å². The Morgan fingerprint density at radius 1 is 1.43 bits per heavy atom. The van der Waals surface area contributed by atoms with Crippen LogP contribution < -0.4 is 5.73 Å². The maximum Gasteiger partial charge on any atom is 0.0621 e. The van der Waals surface area contributed by atoms with Crippen molar-refractivity contribution >= 4 is 37.5 Å². The number of aryl methyl sites for hydroxylation is 1. The van der Waals surface area contributed by atoms with Crippen molar-refractivity contribution < 1.29 is 0 Å². The summed E-state index contributed by atoms with van der Waals surface area (Å²) in [5.41, 5.74) is 6.66. The van der Waals surface area contributed by atoms with Gasteiger partial charge in [-0.3, -0.25) is 0 Å². The summed E-state index contributed by atoms with van der Waals surface area (Å²) in [5.74, 6) is 0. The minimum Gasteiger partial charge on any atom is -0.330 e. The van der Waals surface area contributed by atoms with E-state index in [0.29, 0.717) is 0 Å². The molecule has 14 heavy (non-hydrogen) atoms. The lowest BCUT2D eigenvalue weighted by Crippen LogP contribution is -2.00. The molecule has 74 valence electrons. The van der Waals surface area contributed by atoms with E-state index in [4.69, 9.17) is 5.73 Å². The molecule has 0 aliphatic rings. The first-order valence-electron chi connectivity index (χ1n) is 4.55. The van der Waals surface area contributed by atoms with Crippen LogP contribution in [-0.4, -0.2) is 10.9 Å². The summed E-state index contributed by atoms with van der Waals surface area (Å²) >= 11 is 5.03. The van der Waals surface area contributed by atoms with Crippen LogP contribution in [0.4, 0.5) is 0 Å². The van der Waals surface area contributed by atoms with Crippen molar-refractivity contribution in [1.29, 1.82) is 0 Å². The van der Waals surface area contributed by atoms with E-state index in [-0.39, 0.29) is 0 Å². The largest absolute Gasteiger partial charge is 0.330 e. The van der Waals surface area contributed by atoms with Gasteiger partial charge in [0.25, 0.3) is 0 Å².